The molecule has 0 fully saturated rings. The highest BCUT2D eigenvalue weighted by atomic mass is 19.4. The Morgan fingerprint density at radius 3 is 1.71 bits per heavy atom. The summed E-state index contributed by atoms with van der Waals surface area (Å²) < 4.78 is 157. The van der Waals surface area contributed by atoms with E-state index in [-0.39, 0.29) is 41.6 Å². The second kappa shape index (κ2) is 10.5. The van der Waals surface area contributed by atoms with Gasteiger partial charge in [0.25, 0.3) is 0 Å². The molecule has 16 heteroatoms. The number of halogens is 12. The lowest BCUT2D eigenvalue weighted by atomic mass is 9.89. The van der Waals surface area contributed by atoms with E-state index >= 15 is 0 Å². The van der Waals surface area contributed by atoms with Gasteiger partial charge in [-0.2, -0.15) is 52.7 Å². The van der Waals surface area contributed by atoms with Crippen molar-refractivity contribution in [3.8, 4) is 0 Å². The molecule has 2 aromatic rings. The second-order valence-corrected chi connectivity index (χ2v) is 8.22. The van der Waals surface area contributed by atoms with E-state index in [1.165, 1.54) is 13.0 Å². The van der Waals surface area contributed by atoms with E-state index < -0.39 is 65.9 Å². The molecule has 212 valence electrons. The first kappa shape index (κ1) is 31.1. The van der Waals surface area contributed by atoms with Crippen molar-refractivity contribution in [1.82, 2.24) is 5.32 Å². The zero-order chi connectivity index (χ0) is 29.3. The molecule has 38 heavy (non-hydrogen) atoms. The van der Waals surface area contributed by atoms with Crippen LogP contribution in [-0.4, -0.2) is 29.9 Å². The monoisotopic (exact) mass is 570 g/mol. The quantitative estimate of drug-likeness (QED) is 0.335. The number of carbonyl (C=O) groups is 1. The molecule has 0 bridgehead atoms. The number of aryl methyl sites for hydroxylation is 1. The van der Waals surface area contributed by atoms with Crippen LogP contribution in [0.15, 0.2) is 36.4 Å². The van der Waals surface area contributed by atoms with Gasteiger partial charge in [-0.3, -0.25) is 4.79 Å². The fraction of sp³-hybridized carbons (Fsp3) is 0.409. The number of rotatable bonds is 7. The lowest BCUT2D eigenvalue weighted by Crippen LogP contribution is -2.48. The molecular formula is C22H18F12N2O2. The third kappa shape index (κ3) is 7.91. The molecule has 2 aromatic carbocycles. The fourth-order valence-corrected chi connectivity index (χ4v) is 3.23. The molecule has 0 heterocycles. The Bertz CT molecular complexity index is 1120. The summed E-state index contributed by atoms with van der Waals surface area (Å²) in [4.78, 5) is 11.3. The second-order valence-electron chi connectivity index (χ2n) is 8.22. The third-order valence-corrected chi connectivity index (χ3v) is 5.26. The number of alkyl halides is 12. The smallest absolute Gasteiger partial charge is 0.381 e. The summed E-state index contributed by atoms with van der Waals surface area (Å²) in [6.07, 6.45) is -23.1. The van der Waals surface area contributed by atoms with Gasteiger partial charge in [-0.05, 0) is 53.9 Å². The van der Waals surface area contributed by atoms with Gasteiger partial charge in [-0.25, -0.2) is 0 Å². The normalized spacial score (nSPS) is 14.7. The summed E-state index contributed by atoms with van der Waals surface area (Å²) in [6.45, 7) is -0.608. The van der Waals surface area contributed by atoms with Crippen LogP contribution >= 0.6 is 0 Å². The van der Waals surface area contributed by atoms with Gasteiger partial charge in [0, 0.05) is 12.2 Å². The Balaban J connectivity index is 2.34. The van der Waals surface area contributed by atoms with E-state index in [4.69, 9.17) is 0 Å². The number of amides is 1. The number of carbonyl (C=O) groups excluding carboxylic acids is 1. The van der Waals surface area contributed by atoms with Crippen LogP contribution in [-0.2, 0) is 29.3 Å². The van der Waals surface area contributed by atoms with Crippen molar-refractivity contribution in [3.63, 3.8) is 0 Å². The summed E-state index contributed by atoms with van der Waals surface area (Å²) in [5.41, 5.74) is -9.69. The maximum Gasteiger partial charge on any atom is 0.423 e. The standard InChI is InChI=1S/C22H18F12N2O2/c1-11-4-16(3-2-12(11)9-35-17(37)8-19(23,24)25)36-10-18(38,22(32,33)34)13-5-14(20(26,27)28)7-15(6-13)21(29,30)31/h2-7,36,38H,8-10H2,1H3,(H,35,37)/t18-/m0/s1. The topological polar surface area (TPSA) is 61.4 Å². The average Bonchev–Trinajstić information content (AvgIpc) is 2.73. The molecule has 0 aliphatic carbocycles. The lowest BCUT2D eigenvalue weighted by Gasteiger charge is -2.32. The maximum absolute atomic E-state index is 13.8. The van der Waals surface area contributed by atoms with Crippen molar-refractivity contribution in [2.45, 2.75) is 50.2 Å². The Labute approximate surface area is 206 Å². The van der Waals surface area contributed by atoms with E-state index in [9.17, 15) is 62.6 Å². The largest absolute Gasteiger partial charge is 0.423 e. The van der Waals surface area contributed by atoms with Crippen LogP contribution in [0.1, 0.15) is 34.2 Å². The van der Waals surface area contributed by atoms with E-state index in [0.29, 0.717) is 0 Å². The van der Waals surface area contributed by atoms with Gasteiger partial charge >= 0.3 is 24.7 Å². The highest BCUT2D eigenvalue weighted by molar-refractivity contribution is 5.76. The summed E-state index contributed by atoms with van der Waals surface area (Å²) >= 11 is 0. The minimum Gasteiger partial charge on any atom is -0.381 e. The van der Waals surface area contributed by atoms with Crippen molar-refractivity contribution < 1.29 is 62.6 Å². The van der Waals surface area contributed by atoms with Gasteiger partial charge in [0.2, 0.25) is 11.5 Å². The minimum absolute atomic E-state index is 0.168. The number of anilines is 1. The van der Waals surface area contributed by atoms with Crippen molar-refractivity contribution in [1.29, 1.82) is 0 Å². The van der Waals surface area contributed by atoms with Crippen molar-refractivity contribution in [2.24, 2.45) is 0 Å². The van der Waals surface area contributed by atoms with Crippen molar-refractivity contribution in [3.05, 3.63) is 64.2 Å². The Kier molecular flexibility index (Phi) is 8.61. The van der Waals surface area contributed by atoms with E-state index in [2.05, 4.69) is 5.32 Å². The molecule has 0 saturated heterocycles. The number of nitrogens with one attached hydrogen (secondary N) is 2. The third-order valence-electron chi connectivity index (χ3n) is 5.26. The molecule has 1 atom stereocenters. The van der Waals surface area contributed by atoms with Crippen LogP contribution in [0.4, 0.5) is 58.4 Å². The van der Waals surface area contributed by atoms with Gasteiger partial charge in [-0.1, -0.05) is 6.07 Å². The van der Waals surface area contributed by atoms with Gasteiger partial charge in [0.15, 0.2) is 0 Å². The maximum atomic E-state index is 13.8. The zero-order valence-corrected chi connectivity index (χ0v) is 19.0. The van der Waals surface area contributed by atoms with Crippen LogP contribution < -0.4 is 10.6 Å². The number of hydrogen-bond acceptors (Lipinski definition) is 3. The van der Waals surface area contributed by atoms with Gasteiger partial charge < -0.3 is 15.7 Å². The molecule has 0 radical (unpaired) electrons. The highest BCUT2D eigenvalue weighted by Gasteiger charge is 2.56. The Morgan fingerprint density at radius 2 is 1.29 bits per heavy atom. The Hall–Kier alpha value is -3.17. The van der Waals surface area contributed by atoms with Crippen molar-refractivity contribution in [2.75, 3.05) is 11.9 Å². The molecule has 0 aliphatic heterocycles. The molecular weight excluding hydrogens is 552 g/mol. The minimum atomic E-state index is -5.73. The molecule has 0 spiro atoms. The molecule has 0 aromatic heterocycles. The predicted octanol–water partition coefficient (Wildman–Crippen LogP) is 6.46. The number of benzene rings is 2. The van der Waals surface area contributed by atoms with Crippen LogP contribution in [0.5, 0.6) is 0 Å². The first-order valence-electron chi connectivity index (χ1n) is 10.3. The first-order chi connectivity index (χ1) is 17.0. The number of hydrogen-bond donors (Lipinski definition) is 3. The number of aliphatic hydroxyl groups is 1. The first-order valence-corrected chi connectivity index (χ1v) is 10.3. The van der Waals surface area contributed by atoms with Crippen LogP contribution in [0.25, 0.3) is 0 Å². The summed E-state index contributed by atoms with van der Waals surface area (Å²) in [5.74, 6) is -1.34. The van der Waals surface area contributed by atoms with Gasteiger partial charge in [0.05, 0.1) is 17.7 Å². The zero-order valence-electron chi connectivity index (χ0n) is 19.0. The lowest BCUT2D eigenvalue weighted by molar-refractivity contribution is -0.261. The average molecular weight is 570 g/mol. The molecule has 0 saturated carbocycles. The van der Waals surface area contributed by atoms with Gasteiger partial charge in [0.1, 0.15) is 6.42 Å². The highest BCUT2D eigenvalue weighted by Crippen LogP contribution is 2.44. The molecule has 2 rings (SSSR count). The van der Waals surface area contributed by atoms with Crippen molar-refractivity contribution >= 4 is 11.6 Å². The SMILES string of the molecule is Cc1cc(NC[C@](O)(c2cc(C(F)(F)F)cc(C(F)(F)F)c2)C(F)(F)F)ccc1CNC(=O)CC(F)(F)F. The molecule has 0 unspecified atom stereocenters. The summed E-state index contributed by atoms with van der Waals surface area (Å²) in [5, 5.41) is 14.5. The molecule has 0 aliphatic rings. The van der Waals surface area contributed by atoms with Crippen LogP contribution in [0.2, 0.25) is 0 Å². The van der Waals surface area contributed by atoms with Gasteiger partial charge in [-0.15, -0.1) is 0 Å². The van der Waals surface area contributed by atoms with Crippen LogP contribution in [0.3, 0.4) is 0 Å². The van der Waals surface area contributed by atoms with E-state index in [1.54, 1.807) is 0 Å². The Morgan fingerprint density at radius 1 is 0.789 bits per heavy atom. The van der Waals surface area contributed by atoms with Crippen LogP contribution in [0, 0.1) is 6.92 Å². The summed E-state index contributed by atoms with van der Waals surface area (Å²) in [6, 6.07) is 2.58. The summed E-state index contributed by atoms with van der Waals surface area (Å²) in [7, 11) is 0. The molecule has 3 N–H and O–H groups in total. The molecule has 1 amide bonds. The fourth-order valence-electron chi connectivity index (χ4n) is 3.23. The van der Waals surface area contributed by atoms with E-state index in [0.717, 1.165) is 12.1 Å². The predicted molar refractivity (Wildman–Crippen MR) is 109 cm³/mol. The van der Waals surface area contributed by atoms with E-state index in [1.807, 2.05) is 5.32 Å². The molecule has 4 nitrogen and oxygen atoms in total.